The third-order valence-corrected chi connectivity index (χ3v) is 5.86. The standard InChI is InChI=1S/C19H23Cl2NO3/c1-18(2)7-12-8-19(3,10-18)11-22(12)15(23)9-25-17(24)16-13(20)5-4-6-14(16)21/h4-6,12H,7-11H2,1-3H3/t12-,19+/m1/s1. The Kier molecular flexibility index (Phi) is 4.80. The molecule has 2 aliphatic rings. The Morgan fingerprint density at radius 3 is 2.48 bits per heavy atom. The molecule has 1 saturated carbocycles. The number of halogens is 2. The Morgan fingerprint density at radius 1 is 1.20 bits per heavy atom. The highest BCUT2D eigenvalue weighted by molar-refractivity contribution is 6.39. The lowest BCUT2D eigenvalue weighted by atomic mass is 9.65. The molecule has 1 aromatic carbocycles. The second-order valence-corrected chi connectivity index (χ2v) is 9.22. The van der Waals surface area contributed by atoms with E-state index in [9.17, 15) is 9.59 Å². The van der Waals surface area contributed by atoms with Crippen LogP contribution in [0.3, 0.4) is 0 Å². The van der Waals surface area contributed by atoms with Gasteiger partial charge in [-0.25, -0.2) is 4.79 Å². The number of hydrogen-bond acceptors (Lipinski definition) is 3. The first-order valence-electron chi connectivity index (χ1n) is 8.51. The van der Waals surface area contributed by atoms with Gasteiger partial charge < -0.3 is 9.64 Å². The smallest absolute Gasteiger partial charge is 0.341 e. The van der Waals surface area contributed by atoms with E-state index in [0.717, 1.165) is 25.8 Å². The quantitative estimate of drug-likeness (QED) is 0.717. The van der Waals surface area contributed by atoms with Crippen molar-refractivity contribution in [2.45, 2.75) is 46.1 Å². The number of carbonyl (C=O) groups excluding carboxylic acids is 2. The molecule has 4 nitrogen and oxygen atoms in total. The topological polar surface area (TPSA) is 46.6 Å². The van der Waals surface area contributed by atoms with E-state index in [4.69, 9.17) is 27.9 Å². The van der Waals surface area contributed by atoms with Crippen molar-refractivity contribution in [3.63, 3.8) is 0 Å². The minimum Gasteiger partial charge on any atom is -0.452 e. The number of benzene rings is 1. The van der Waals surface area contributed by atoms with E-state index in [1.807, 2.05) is 4.90 Å². The van der Waals surface area contributed by atoms with E-state index < -0.39 is 5.97 Å². The fourth-order valence-corrected chi connectivity index (χ4v) is 5.28. The van der Waals surface area contributed by atoms with Crippen LogP contribution in [0.2, 0.25) is 10.0 Å². The maximum absolute atomic E-state index is 12.6. The fourth-order valence-electron chi connectivity index (χ4n) is 4.73. The summed E-state index contributed by atoms with van der Waals surface area (Å²) in [7, 11) is 0. The number of esters is 1. The van der Waals surface area contributed by atoms with Gasteiger partial charge in [0.15, 0.2) is 6.61 Å². The van der Waals surface area contributed by atoms with Crippen molar-refractivity contribution >= 4 is 35.1 Å². The van der Waals surface area contributed by atoms with Crippen LogP contribution in [-0.4, -0.2) is 36.0 Å². The molecule has 1 aliphatic heterocycles. The van der Waals surface area contributed by atoms with Crippen LogP contribution in [0.4, 0.5) is 0 Å². The van der Waals surface area contributed by atoms with E-state index >= 15 is 0 Å². The molecule has 25 heavy (non-hydrogen) atoms. The summed E-state index contributed by atoms with van der Waals surface area (Å²) in [6.45, 7) is 7.19. The Morgan fingerprint density at radius 2 is 1.84 bits per heavy atom. The summed E-state index contributed by atoms with van der Waals surface area (Å²) >= 11 is 12.0. The summed E-state index contributed by atoms with van der Waals surface area (Å²) in [4.78, 5) is 26.8. The molecule has 6 heteroatoms. The van der Waals surface area contributed by atoms with Gasteiger partial charge in [0.1, 0.15) is 0 Å². The van der Waals surface area contributed by atoms with Gasteiger partial charge in [-0.3, -0.25) is 4.79 Å². The maximum atomic E-state index is 12.6. The molecular weight excluding hydrogens is 361 g/mol. The molecule has 1 heterocycles. The van der Waals surface area contributed by atoms with Crippen molar-refractivity contribution in [3.05, 3.63) is 33.8 Å². The third kappa shape index (κ3) is 3.80. The normalized spacial score (nSPS) is 27.2. The first kappa shape index (κ1) is 18.5. The Hall–Kier alpha value is -1.26. The molecular formula is C19H23Cl2NO3. The summed E-state index contributed by atoms with van der Waals surface area (Å²) < 4.78 is 5.20. The van der Waals surface area contributed by atoms with E-state index in [1.165, 1.54) is 0 Å². The van der Waals surface area contributed by atoms with E-state index in [1.54, 1.807) is 18.2 Å². The highest BCUT2D eigenvalue weighted by Gasteiger charge is 2.50. The molecule has 2 fully saturated rings. The van der Waals surface area contributed by atoms with Gasteiger partial charge in [0.05, 0.1) is 15.6 Å². The summed E-state index contributed by atoms with van der Waals surface area (Å²) in [5, 5.41) is 0.437. The van der Waals surface area contributed by atoms with E-state index in [0.29, 0.717) is 0 Å². The van der Waals surface area contributed by atoms with Crippen LogP contribution < -0.4 is 0 Å². The molecule has 1 aromatic rings. The molecule has 3 rings (SSSR count). The average molecular weight is 384 g/mol. The van der Waals surface area contributed by atoms with Crippen LogP contribution in [0.5, 0.6) is 0 Å². The number of nitrogens with zero attached hydrogens (tertiary/aromatic N) is 1. The zero-order chi connectivity index (χ0) is 18.4. The predicted molar refractivity (Wildman–Crippen MR) is 98.0 cm³/mol. The van der Waals surface area contributed by atoms with Gasteiger partial charge in [0.2, 0.25) is 0 Å². The predicted octanol–water partition coefficient (Wildman–Crippen LogP) is 4.58. The van der Waals surface area contributed by atoms with Gasteiger partial charge in [-0.1, -0.05) is 50.0 Å². The minimum atomic E-state index is -0.669. The van der Waals surface area contributed by atoms with Crippen molar-refractivity contribution in [1.29, 1.82) is 0 Å². The summed E-state index contributed by atoms with van der Waals surface area (Å²) in [6, 6.07) is 5.01. The number of amides is 1. The SMILES string of the molecule is CC1(C)C[C@@H]2C[C@](C)(CN2C(=O)COC(=O)c2c(Cl)cccc2Cl)C1. The molecule has 0 aromatic heterocycles. The van der Waals surface area contributed by atoms with Gasteiger partial charge >= 0.3 is 5.97 Å². The van der Waals surface area contributed by atoms with Crippen LogP contribution in [0.1, 0.15) is 50.4 Å². The zero-order valence-electron chi connectivity index (χ0n) is 14.8. The minimum absolute atomic E-state index is 0.104. The van der Waals surface area contributed by atoms with Gasteiger partial charge in [-0.2, -0.15) is 0 Å². The van der Waals surface area contributed by atoms with Gasteiger partial charge in [-0.05, 0) is 42.2 Å². The highest BCUT2D eigenvalue weighted by atomic mass is 35.5. The molecule has 1 amide bonds. The van der Waals surface area contributed by atoms with Gasteiger partial charge in [0, 0.05) is 12.6 Å². The summed E-state index contributed by atoms with van der Waals surface area (Å²) in [5.74, 6) is -0.819. The first-order valence-corrected chi connectivity index (χ1v) is 9.26. The maximum Gasteiger partial charge on any atom is 0.341 e. The summed E-state index contributed by atoms with van der Waals surface area (Å²) in [6.07, 6.45) is 3.11. The van der Waals surface area contributed by atoms with Crippen molar-refractivity contribution in [2.24, 2.45) is 10.8 Å². The number of rotatable bonds is 3. The van der Waals surface area contributed by atoms with Crippen molar-refractivity contribution in [2.75, 3.05) is 13.2 Å². The molecule has 1 aliphatic carbocycles. The van der Waals surface area contributed by atoms with Crippen molar-refractivity contribution < 1.29 is 14.3 Å². The fraction of sp³-hybridized carbons (Fsp3) is 0.579. The lowest BCUT2D eigenvalue weighted by Crippen LogP contribution is -2.39. The van der Waals surface area contributed by atoms with Gasteiger partial charge in [-0.15, -0.1) is 0 Å². The Bertz CT molecular complexity index is 698. The van der Waals surface area contributed by atoms with Crippen LogP contribution >= 0.6 is 23.2 Å². The molecule has 0 N–H and O–H groups in total. The Balaban J connectivity index is 1.65. The zero-order valence-corrected chi connectivity index (χ0v) is 16.3. The number of fused-ring (bicyclic) bond motifs is 2. The molecule has 1 saturated heterocycles. The average Bonchev–Trinajstić information content (AvgIpc) is 2.73. The van der Waals surface area contributed by atoms with Crippen LogP contribution in [-0.2, 0) is 9.53 Å². The molecule has 2 bridgehead atoms. The highest BCUT2D eigenvalue weighted by Crippen LogP contribution is 2.52. The van der Waals surface area contributed by atoms with E-state index in [-0.39, 0.29) is 45.0 Å². The first-order chi connectivity index (χ1) is 11.6. The molecule has 2 atom stereocenters. The second kappa shape index (κ2) is 6.48. The van der Waals surface area contributed by atoms with Crippen LogP contribution in [0, 0.1) is 10.8 Å². The Labute approximate surface area is 158 Å². The largest absolute Gasteiger partial charge is 0.452 e. The number of likely N-dealkylation sites (tertiary alicyclic amines) is 1. The van der Waals surface area contributed by atoms with E-state index in [2.05, 4.69) is 20.8 Å². The van der Waals surface area contributed by atoms with Crippen molar-refractivity contribution in [3.8, 4) is 0 Å². The molecule has 0 radical (unpaired) electrons. The van der Waals surface area contributed by atoms with Gasteiger partial charge in [0.25, 0.3) is 5.91 Å². The second-order valence-electron chi connectivity index (χ2n) is 8.41. The molecule has 0 unspecified atom stereocenters. The summed E-state index contributed by atoms with van der Waals surface area (Å²) in [5.41, 5.74) is 0.485. The van der Waals surface area contributed by atoms with Crippen LogP contribution in [0.25, 0.3) is 0 Å². The molecule has 0 spiro atoms. The third-order valence-electron chi connectivity index (χ3n) is 5.23. The number of carbonyl (C=O) groups is 2. The van der Waals surface area contributed by atoms with Crippen LogP contribution in [0.15, 0.2) is 18.2 Å². The monoisotopic (exact) mass is 383 g/mol. The number of hydrogen-bond donors (Lipinski definition) is 0. The lowest BCUT2D eigenvalue weighted by molar-refractivity contribution is -0.135. The lowest BCUT2D eigenvalue weighted by Gasteiger charge is -2.39. The number of ether oxygens (including phenoxy) is 1. The molecule has 136 valence electrons. The van der Waals surface area contributed by atoms with Crippen molar-refractivity contribution in [1.82, 2.24) is 4.90 Å².